The van der Waals surface area contributed by atoms with Crippen LogP contribution in [0.4, 0.5) is 13.2 Å². The van der Waals surface area contributed by atoms with Crippen LogP contribution in [0.2, 0.25) is 0 Å². The second kappa shape index (κ2) is 8.03. The molecule has 1 aliphatic heterocycles. The lowest BCUT2D eigenvalue weighted by Gasteiger charge is -2.42. The van der Waals surface area contributed by atoms with E-state index in [1.807, 2.05) is 16.3 Å². The molecule has 1 atom stereocenters. The second-order valence-corrected chi connectivity index (χ2v) is 9.21. The minimum Gasteiger partial charge on any atom is -0.435 e. The van der Waals surface area contributed by atoms with Crippen LogP contribution in [0.25, 0.3) is 16.8 Å². The van der Waals surface area contributed by atoms with Crippen molar-refractivity contribution in [3.63, 3.8) is 0 Å². The number of fused-ring (bicyclic) bond motifs is 3. The normalized spacial score (nSPS) is 19.2. The van der Waals surface area contributed by atoms with Gasteiger partial charge in [-0.1, -0.05) is 18.2 Å². The SMILES string of the molecule is CN1CC(O)(c2ncc(-c3cn4c5c(nc4cc3F)CC[C@@H]5c3ccccc3OC(F)F)cn2)C1. The highest BCUT2D eigenvalue weighted by molar-refractivity contribution is 5.65. The number of pyridine rings is 1. The number of rotatable bonds is 5. The van der Waals surface area contributed by atoms with E-state index in [1.54, 1.807) is 24.4 Å². The molecule has 0 radical (unpaired) electrons. The number of hydrogen-bond acceptors (Lipinski definition) is 6. The third-order valence-electron chi connectivity index (χ3n) is 6.78. The first kappa shape index (κ1) is 22.0. The lowest BCUT2D eigenvalue weighted by Crippen LogP contribution is -2.58. The number of hydrogen-bond donors (Lipinski definition) is 1. The zero-order valence-corrected chi connectivity index (χ0v) is 18.8. The van der Waals surface area contributed by atoms with E-state index in [-0.39, 0.29) is 17.2 Å². The van der Waals surface area contributed by atoms with E-state index in [2.05, 4.69) is 15.0 Å². The Kier molecular flexibility index (Phi) is 5.05. The first-order valence-corrected chi connectivity index (χ1v) is 11.3. The Labute approximate surface area is 198 Å². The van der Waals surface area contributed by atoms with Crippen molar-refractivity contribution in [3.8, 4) is 16.9 Å². The second-order valence-electron chi connectivity index (χ2n) is 9.21. The van der Waals surface area contributed by atoms with Crippen molar-refractivity contribution in [2.24, 2.45) is 0 Å². The summed E-state index contributed by atoms with van der Waals surface area (Å²) in [5.74, 6) is -0.268. The van der Waals surface area contributed by atoms with Gasteiger partial charge in [0.25, 0.3) is 0 Å². The number of nitrogens with zero attached hydrogens (tertiary/aromatic N) is 5. The number of aryl methyl sites for hydroxylation is 1. The van der Waals surface area contributed by atoms with Crippen molar-refractivity contribution in [1.29, 1.82) is 0 Å². The number of para-hydroxylation sites is 1. The molecule has 0 bridgehead atoms. The number of imidazole rings is 1. The Morgan fingerprint density at radius 2 is 1.91 bits per heavy atom. The van der Waals surface area contributed by atoms with Crippen LogP contribution in [0.15, 0.2) is 48.9 Å². The van der Waals surface area contributed by atoms with Crippen molar-refractivity contribution in [3.05, 3.63) is 77.5 Å². The molecule has 35 heavy (non-hydrogen) atoms. The Morgan fingerprint density at radius 3 is 2.63 bits per heavy atom. The van der Waals surface area contributed by atoms with Gasteiger partial charge in [-0.05, 0) is 26.0 Å². The number of ether oxygens (including phenoxy) is 1. The van der Waals surface area contributed by atoms with E-state index in [1.165, 1.54) is 24.5 Å². The number of alkyl halides is 2. The average Bonchev–Trinajstić information content (AvgIpc) is 3.37. The first-order valence-electron chi connectivity index (χ1n) is 11.3. The number of likely N-dealkylation sites (N-methyl/N-ethyl adjacent to an activating group) is 1. The van der Waals surface area contributed by atoms with Gasteiger partial charge in [0.05, 0.1) is 11.4 Å². The maximum atomic E-state index is 15.1. The quantitative estimate of drug-likeness (QED) is 0.468. The van der Waals surface area contributed by atoms with Crippen LogP contribution >= 0.6 is 0 Å². The van der Waals surface area contributed by atoms with Gasteiger partial charge in [-0.3, -0.25) is 4.90 Å². The van der Waals surface area contributed by atoms with Crippen molar-refractivity contribution >= 4 is 5.65 Å². The van der Waals surface area contributed by atoms with Gasteiger partial charge >= 0.3 is 6.61 Å². The molecule has 1 saturated heterocycles. The molecule has 7 nitrogen and oxygen atoms in total. The summed E-state index contributed by atoms with van der Waals surface area (Å²) < 4.78 is 47.7. The van der Waals surface area contributed by atoms with Crippen LogP contribution in [0, 0.1) is 5.82 Å². The Hall–Kier alpha value is -3.50. The summed E-state index contributed by atoms with van der Waals surface area (Å²) in [5, 5.41) is 10.6. The van der Waals surface area contributed by atoms with E-state index in [4.69, 9.17) is 4.74 Å². The highest BCUT2D eigenvalue weighted by Crippen LogP contribution is 2.43. The molecule has 0 saturated carbocycles. The summed E-state index contributed by atoms with van der Waals surface area (Å²) in [6.07, 6.45) is 5.98. The molecule has 1 aliphatic carbocycles. The van der Waals surface area contributed by atoms with E-state index in [0.29, 0.717) is 48.5 Å². The summed E-state index contributed by atoms with van der Waals surface area (Å²) in [6.45, 7) is -2.06. The molecule has 4 aromatic rings. The number of likely N-dealkylation sites (tertiary alicyclic amines) is 1. The lowest BCUT2D eigenvalue weighted by atomic mass is 9.94. The molecule has 1 aromatic carbocycles. The standard InChI is InChI=1S/C25H22F3N5O2/c1-32-12-25(34,13-32)23-29-9-14(10-30-23)17-11-33-21(8-18(17)26)31-19-7-6-16(22(19)33)15-4-2-3-5-20(15)35-24(27)28/h2-5,8-11,16,24,34H,6-7,12-13H2,1H3/t16-/m1/s1. The fraction of sp³-hybridized carbons (Fsp3) is 0.320. The molecule has 6 rings (SSSR count). The van der Waals surface area contributed by atoms with Gasteiger partial charge in [0.2, 0.25) is 0 Å². The predicted octanol–water partition coefficient (Wildman–Crippen LogP) is 3.74. The molecule has 10 heteroatoms. The van der Waals surface area contributed by atoms with Crippen LogP contribution < -0.4 is 4.74 Å². The van der Waals surface area contributed by atoms with E-state index >= 15 is 4.39 Å². The molecule has 1 fully saturated rings. The van der Waals surface area contributed by atoms with Crippen LogP contribution in [0.1, 0.15) is 35.1 Å². The van der Waals surface area contributed by atoms with Crippen molar-refractivity contribution in [1.82, 2.24) is 24.3 Å². The summed E-state index contributed by atoms with van der Waals surface area (Å²) in [5.41, 5.74) is 2.37. The Balaban J connectivity index is 1.40. The molecular formula is C25H22F3N5O2. The summed E-state index contributed by atoms with van der Waals surface area (Å²) >= 11 is 0. The van der Waals surface area contributed by atoms with Crippen molar-refractivity contribution < 1.29 is 23.0 Å². The average molecular weight is 481 g/mol. The van der Waals surface area contributed by atoms with Gasteiger partial charge in [-0.2, -0.15) is 8.78 Å². The molecule has 1 N–H and O–H groups in total. The fourth-order valence-electron chi connectivity index (χ4n) is 5.28. The van der Waals surface area contributed by atoms with E-state index in [9.17, 15) is 13.9 Å². The van der Waals surface area contributed by atoms with E-state index < -0.39 is 18.0 Å². The predicted molar refractivity (Wildman–Crippen MR) is 121 cm³/mol. The van der Waals surface area contributed by atoms with Crippen LogP contribution in [0.3, 0.4) is 0 Å². The monoisotopic (exact) mass is 481 g/mol. The molecule has 3 aromatic heterocycles. The highest BCUT2D eigenvalue weighted by atomic mass is 19.3. The summed E-state index contributed by atoms with van der Waals surface area (Å²) in [7, 11) is 1.89. The fourth-order valence-corrected chi connectivity index (χ4v) is 5.28. The van der Waals surface area contributed by atoms with Gasteiger partial charge in [0.15, 0.2) is 5.82 Å². The zero-order chi connectivity index (χ0) is 24.3. The maximum Gasteiger partial charge on any atom is 0.387 e. The first-order chi connectivity index (χ1) is 16.8. The van der Waals surface area contributed by atoms with Gasteiger partial charge in [0, 0.05) is 60.4 Å². The molecular weight excluding hydrogens is 459 g/mol. The highest BCUT2D eigenvalue weighted by Gasteiger charge is 2.43. The number of benzene rings is 1. The summed E-state index contributed by atoms with van der Waals surface area (Å²) in [6, 6.07) is 8.10. The minimum atomic E-state index is -2.93. The smallest absolute Gasteiger partial charge is 0.387 e. The molecule has 180 valence electrons. The summed E-state index contributed by atoms with van der Waals surface area (Å²) in [4.78, 5) is 15.1. The van der Waals surface area contributed by atoms with Gasteiger partial charge < -0.3 is 14.2 Å². The van der Waals surface area contributed by atoms with Gasteiger partial charge in [0.1, 0.15) is 22.8 Å². The number of aromatic nitrogens is 4. The van der Waals surface area contributed by atoms with Crippen molar-refractivity contribution in [2.75, 3.05) is 20.1 Å². The van der Waals surface area contributed by atoms with Crippen LogP contribution in [0.5, 0.6) is 5.75 Å². The Bertz CT molecular complexity index is 1420. The van der Waals surface area contributed by atoms with Gasteiger partial charge in [-0.25, -0.2) is 19.3 Å². The number of aliphatic hydroxyl groups is 1. The van der Waals surface area contributed by atoms with Crippen LogP contribution in [-0.4, -0.2) is 56.1 Å². The zero-order valence-electron chi connectivity index (χ0n) is 18.8. The largest absolute Gasteiger partial charge is 0.435 e. The minimum absolute atomic E-state index is 0.126. The number of β-amino-alcohol motifs (C(OH)–C–C–N with tert-alkyl or cyclic N) is 1. The van der Waals surface area contributed by atoms with E-state index in [0.717, 1.165) is 11.4 Å². The third kappa shape index (κ3) is 3.64. The number of halogens is 3. The Morgan fingerprint density at radius 1 is 1.17 bits per heavy atom. The molecule has 2 aliphatic rings. The van der Waals surface area contributed by atoms with Gasteiger partial charge in [-0.15, -0.1) is 0 Å². The topological polar surface area (TPSA) is 75.8 Å². The molecule has 0 amide bonds. The lowest BCUT2D eigenvalue weighted by molar-refractivity contribution is -0.0981. The van der Waals surface area contributed by atoms with Crippen LogP contribution in [-0.2, 0) is 12.0 Å². The molecule has 0 spiro atoms. The molecule has 4 heterocycles. The maximum absolute atomic E-state index is 15.1. The third-order valence-corrected chi connectivity index (χ3v) is 6.78. The molecule has 0 unspecified atom stereocenters. The van der Waals surface area contributed by atoms with Crippen molar-refractivity contribution in [2.45, 2.75) is 31.0 Å².